The molecule has 0 radical (unpaired) electrons. The van der Waals surface area contributed by atoms with E-state index in [1.54, 1.807) is 6.07 Å². The number of pyridine rings is 1. The third kappa shape index (κ3) is 2.78. The molecule has 0 aromatic carbocycles. The number of carbonyl (C=O) groups is 1. The minimum atomic E-state index is -1.11. The molecule has 2 rings (SSSR count). The van der Waals surface area contributed by atoms with Crippen molar-refractivity contribution in [2.75, 3.05) is 5.32 Å². The van der Waals surface area contributed by atoms with Crippen LogP contribution in [-0.4, -0.2) is 16.1 Å². The van der Waals surface area contributed by atoms with Gasteiger partial charge in [-0.05, 0) is 37.6 Å². The van der Waals surface area contributed by atoms with Gasteiger partial charge in [0.05, 0.1) is 12.1 Å². The van der Waals surface area contributed by atoms with Crippen molar-refractivity contribution in [2.24, 2.45) is 0 Å². The van der Waals surface area contributed by atoms with Crippen LogP contribution in [0.3, 0.4) is 0 Å². The summed E-state index contributed by atoms with van der Waals surface area (Å²) in [6.45, 7) is 3.94. The zero-order valence-corrected chi connectivity index (χ0v) is 11.1. The van der Waals surface area contributed by atoms with E-state index >= 15 is 0 Å². The number of rotatable bonds is 4. The number of nitrogens with one attached hydrogen (secondary N) is 1. The minimum absolute atomic E-state index is 0.115. The maximum Gasteiger partial charge on any atom is 0.371 e. The summed E-state index contributed by atoms with van der Waals surface area (Å²) < 4.78 is 5.13. The van der Waals surface area contributed by atoms with Crippen molar-refractivity contribution in [1.29, 1.82) is 5.26 Å². The van der Waals surface area contributed by atoms with Gasteiger partial charge < -0.3 is 14.8 Å². The Morgan fingerprint density at radius 1 is 1.50 bits per heavy atom. The van der Waals surface area contributed by atoms with Crippen molar-refractivity contribution in [2.45, 2.75) is 20.4 Å². The molecule has 0 bridgehead atoms. The molecule has 6 heteroatoms. The van der Waals surface area contributed by atoms with Crippen LogP contribution in [0.1, 0.15) is 33.1 Å². The van der Waals surface area contributed by atoms with E-state index in [1.165, 1.54) is 6.07 Å². The molecule has 0 spiro atoms. The third-order valence-corrected chi connectivity index (χ3v) is 2.76. The molecule has 0 aliphatic rings. The SMILES string of the molecule is Cc1cc(C)c(C#N)c(NCc2ccc(C(=O)O)o2)n1. The normalized spacial score (nSPS) is 10.1. The molecule has 2 N–H and O–H groups in total. The van der Waals surface area contributed by atoms with E-state index in [0.29, 0.717) is 17.1 Å². The number of carboxylic acids is 1. The molecule has 0 saturated heterocycles. The summed E-state index contributed by atoms with van der Waals surface area (Å²) in [5, 5.41) is 20.9. The van der Waals surface area contributed by atoms with E-state index < -0.39 is 5.97 Å². The van der Waals surface area contributed by atoms with Gasteiger partial charge in [-0.1, -0.05) is 0 Å². The molecule has 0 amide bonds. The standard InChI is InChI=1S/C14H13N3O3/c1-8-5-9(2)17-13(11(8)6-15)16-7-10-3-4-12(20-10)14(18)19/h3-5H,7H2,1-2H3,(H,16,17)(H,18,19). The van der Waals surface area contributed by atoms with Crippen LogP contribution in [0.2, 0.25) is 0 Å². The zero-order chi connectivity index (χ0) is 14.7. The Morgan fingerprint density at radius 2 is 2.25 bits per heavy atom. The summed E-state index contributed by atoms with van der Waals surface area (Å²) in [4.78, 5) is 15.0. The molecule has 6 nitrogen and oxygen atoms in total. The molecule has 0 aliphatic carbocycles. The molecule has 2 aromatic heterocycles. The Kier molecular flexibility index (Phi) is 3.71. The van der Waals surface area contributed by atoms with E-state index in [1.807, 2.05) is 19.9 Å². The van der Waals surface area contributed by atoms with Crippen LogP contribution in [0.25, 0.3) is 0 Å². The summed E-state index contributed by atoms with van der Waals surface area (Å²) in [6.07, 6.45) is 0. The lowest BCUT2D eigenvalue weighted by atomic mass is 10.1. The highest BCUT2D eigenvalue weighted by Crippen LogP contribution is 2.18. The quantitative estimate of drug-likeness (QED) is 0.886. The Bertz CT molecular complexity index is 698. The highest BCUT2D eigenvalue weighted by molar-refractivity contribution is 5.84. The molecular weight excluding hydrogens is 258 g/mol. The number of nitrogens with zero attached hydrogens (tertiary/aromatic N) is 2. The van der Waals surface area contributed by atoms with E-state index in [4.69, 9.17) is 14.8 Å². The van der Waals surface area contributed by atoms with Crippen LogP contribution < -0.4 is 5.32 Å². The molecule has 0 fully saturated rings. The summed E-state index contributed by atoms with van der Waals surface area (Å²) >= 11 is 0. The summed E-state index contributed by atoms with van der Waals surface area (Å²) in [7, 11) is 0. The summed E-state index contributed by atoms with van der Waals surface area (Å²) in [6, 6.07) is 6.90. The zero-order valence-electron chi connectivity index (χ0n) is 11.1. The number of furan rings is 1. The lowest BCUT2D eigenvalue weighted by molar-refractivity contribution is 0.0660. The van der Waals surface area contributed by atoms with Crippen LogP contribution in [-0.2, 0) is 6.54 Å². The fourth-order valence-corrected chi connectivity index (χ4v) is 1.86. The van der Waals surface area contributed by atoms with Crippen molar-refractivity contribution in [3.8, 4) is 6.07 Å². The summed E-state index contributed by atoms with van der Waals surface area (Å²) in [5.41, 5.74) is 2.11. The fraction of sp³-hybridized carbons (Fsp3) is 0.214. The van der Waals surface area contributed by atoms with Gasteiger partial charge in [-0.25, -0.2) is 9.78 Å². The fourth-order valence-electron chi connectivity index (χ4n) is 1.86. The number of carboxylic acid groups (broad SMARTS) is 1. The first-order valence-corrected chi connectivity index (χ1v) is 5.95. The molecule has 2 aromatic rings. The Morgan fingerprint density at radius 3 is 2.85 bits per heavy atom. The average molecular weight is 271 g/mol. The largest absolute Gasteiger partial charge is 0.475 e. The van der Waals surface area contributed by atoms with Gasteiger partial charge in [0.1, 0.15) is 17.6 Å². The molecule has 0 atom stereocenters. The first-order valence-electron chi connectivity index (χ1n) is 5.95. The maximum absolute atomic E-state index is 10.7. The van der Waals surface area contributed by atoms with Gasteiger partial charge >= 0.3 is 5.97 Å². The van der Waals surface area contributed by atoms with Gasteiger partial charge in [0.2, 0.25) is 5.76 Å². The highest BCUT2D eigenvalue weighted by atomic mass is 16.4. The number of anilines is 1. The second kappa shape index (κ2) is 5.45. The molecular formula is C14H13N3O3. The van der Waals surface area contributed by atoms with Crippen molar-refractivity contribution < 1.29 is 14.3 Å². The number of aryl methyl sites for hydroxylation is 2. The summed E-state index contributed by atoms with van der Waals surface area (Å²) in [5.74, 6) is -0.292. The van der Waals surface area contributed by atoms with Crippen LogP contribution in [0.15, 0.2) is 22.6 Å². The lowest BCUT2D eigenvalue weighted by Crippen LogP contribution is -2.05. The molecule has 0 aliphatic heterocycles. The predicted molar refractivity (Wildman–Crippen MR) is 71.4 cm³/mol. The van der Waals surface area contributed by atoms with Gasteiger partial charge in [0, 0.05) is 5.69 Å². The third-order valence-electron chi connectivity index (χ3n) is 2.76. The number of nitriles is 1. The first kappa shape index (κ1) is 13.6. The van der Waals surface area contributed by atoms with E-state index in [-0.39, 0.29) is 12.3 Å². The second-order valence-corrected chi connectivity index (χ2v) is 4.34. The van der Waals surface area contributed by atoms with Crippen LogP contribution >= 0.6 is 0 Å². The van der Waals surface area contributed by atoms with E-state index in [0.717, 1.165) is 11.3 Å². The van der Waals surface area contributed by atoms with Crippen molar-refractivity contribution in [1.82, 2.24) is 4.98 Å². The number of hydrogen-bond donors (Lipinski definition) is 2. The van der Waals surface area contributed by atoms with Gasteiger partial charge in [0.25, 0.3) is 0 Å². The maximum atomic E-state index is 10.7. The number of aromatic nitrogens is 1. The van der Waals surface area contributed by atoms with Gasteiger partial charge in [-0.3, -0.25) is 0 Å². The van der Waals surface area contributed by atoms with E-state index in [2.05, 4.69) is 16.4 Å². The van der Waals surface area contributed by atoms with Crippen LogP contribution in [0, 0.1) is 25.2 Å². The minimum Gasteiger partial charge on any atom is -0.475 e. The monoisotopic (exact) mass is 271 g/mol. The van der Waals surface area contributed by atoms with Crippen LogP contribution in [0.4, 0.5) is 5.82 Å². The van der Waals surface area contributed by atoms with Gasteiger partial charge in [0.15, 0.2) is 0 Å². The molecule has 0 saturated carbocycles. The van der Waals surface area contributed by atoms with Gasteiger partial charge in [-0.2, -0.15) is 5.26 Å². The number of hydrogen-bond acceptors (Lipinski definition) is 5. The van der Waals surface area contributed by atoms with Crippen molar-refractivity contribution in [3.63, 3.8) is 0 Å². The molecule has 2 heterocycles. The second-order valence-electron chi connectivity index (χ2n) is 4.34. The molecule has 0 unspecified atom stereocenters. The lowest BCUT2D eigenvalue weighted by Gasteiger charge is -2.09. The average Bonchev–Trinajstić information content (AvgIpc) is 2.84. The Hall–Kier alpha value is -2.81. The van der Waals surface area contributed by atoms with E-state index in [9.17, 15) is 4.79 Å². The Labute approximate surface area is 115 Å². The van der Waals surface area contributed by atoms with Crippen molar-refractivity contribution in [3.05, 3.63) is 46.5 Å². The molecule has 20 heavy (non-hydrogen) atoms. The predicted octanol–water partition coefficient (Wildman–Crippen LogP) is 2.47. The van der Waals surface area contributed by atoms with Gasteiger partial charge in [-0.15, -0.1) is 0 Å². The van der Waals surface area contributed by atoms with Crippen molar-refractivity contribution >= 4 is 11.8 Å². The molecule has 102 valence electrons. The van der Waals surface area contributed by atoms with Crippen LogP contribution in [0.5, 0.6) is 0 Å². The topological polar surface area (TPSA) is 99.2 Å². The number of aromatic carboxylic acids is 1. The first-order chi connectivity index (χ1) is 9.51. The smallest absolute Gasteiger partial charge is 0.371 e. The Balaban J connectivity index is 2.18. The highest BCUT2D eigenvalue weighted by Gasteiger charge is 2.11.